The smallest absolute Gasteiger partial charge is 0.216 e. The molecule has 0 aliphatic heterocycles. The van der Waals surface area contributed by atoms with Crippen LogP contribution in [0.3, 0.4) is 0 Å². The molecule has 6 heteroatoms. The first-order valence-electron chi connectivity index (χ1n) is 21.1. The Morgan fingerprint density at radius 3 is 2.24 bits per heavy atom. The van der Waals surface area contributed by atoms with E-state index in [4.69, 9.17) is 21.7 Å². The molecular weight excluding hydrogens is 807 g/mol. The molecule has 1 radical (unpaired) electrons. The van der Waals surface area contributed by atoms with Crippen LogP contribution in [0.1, 0.15) is 102 Å². The molecule has 0 N–H and O–H groups in total. The van der Waals surface area contributed by atoms with Crippen LogP contribution in [0.5, 0.6) is 0 Å². The number of nitrogens with zero attached hydrogens (tertiary/aromatic N) is 3. The monoisotopic (exact) mass is 869 g/mol. The van der Waals surface area contributed by atoms with Gasteiger partial charge in [0.1, 0.15) is 0 Å². The van der Waals surface area contributed by atoms with Gasteiger partial charge in [-0.15, -0.1) is 53.6 Å². The molecule has 0 aliphatic carbocycles. The second-order valence-electron chi connectivity index (χ2n) is 15.8. The summed E-state index contributed by atoms with van der Waals surface area (Å²) >= 11 is 0. The first-order valence-corrected chi connectivity index (χ1v) is 20.1. The molecule has 0 atom stereocenters. The van der Waals surface area contributed by atoms with Crippen LogP contribution in [0.4, 0.5) is 0 Å². The Morgan fingerprint density at radius 1 is 0.900 bits per heavy atom. The minimum atomic E-state index is -2.55. The summed E-state index contributed by atoms with van der Waals surface area (Å²) in [5.41, 5.74) is 4.46. The van der Waals surface area contributed by atoms with Crippen molar-refractivity contribution in [3.8, 4) is 22.5 Å². The number of benzene rings is 2. The summed E-state index contributed by atoms with van der Waals surface area (Å²) in [6, 6.07) is 22.8. The maximum Gasteiger partial charge on any atom is 0.216 e. The molecule has 6 rings (SSSR count). The van der Waals surface area contributed by atoms with Crippen LogP contribution in [0.2, 0.25) is 19.6 Å². The molecular formula is C44H53IrN3OSi-2. The molecule has 0 amide bonds. The molecule has 2 aromatic carbocycles. The van der Waals surface area contributed by atoms with Gasteiger partial charge in [0.25, 0.3) is 0 Å². The van der Waals surface area contributed by atoms with E-state index >= 15 is 0 Å². The van der Waals surface area contributed by atoms with E-state index in [1.54, 1.807) is 39.0 Å². The van der Waals surface area contributed by atoms with E-state index in [-0.39, 0.29) is 53.7 Å². The average molecular weight is 869 g/mol. The van der Waals surface area contributed by atoms with Gasteiger partial charge < -0.3 is 14.4 Å². The largest absolute Gasteiger partial charge is 0.486 e. The van der Waals surface area contributed by atoms with Crippen molar-refractivity contribution in [2.24, 2.45) is 5.41 Å². The minimum Gasteiger partial charge on any atom is -0.486 e. The second kappa shape index (κ2) is 15.0. The standard InChI is InChI=1S/C23H23N2O.C21H30NSi.Ir/c1-14-13-24-20(11-16(14)12-23(3,4)5)19-8-6-7-17-18-10-9-15(2)25-22(18)26-21(17)19;1-15(2)18-13-19(22-14-20(18)23(6,7)8)16-9-11-17(12-10-16)21(3,4)5;/h6-7,9-11,13H,12H2,1-5H3;9,11-15H,1-8H3;/q2*-1;/i1D3,2D3,12D2;15D;. The van der Waals surface area contributed by atoms with E-state index in [9.17, 15) is 0 Å². The number of hydrogen-bond donors (Lipinski definition) is 0. The van der Waals surface area contributed by atoms with Gasteiger partial charge in [0.2, 0.25) is 5.71 Å². The van der Waals surface area contributed by atoms with E-state index < -0.39 is 39.5 Å². The average Bonchev–Trinajstić information content (AvgIpc) is 3.47. The summed E-state index contributed by atoms with van der Waals surface area (Å²) < 4.78 is 78.4. The Bertz CT molecular complexity index is 2450. The van der Waals surface area contributed by atoms with Gasteiger partial charge in [-0.2, -0.15) is 0 Å². The topological polar surface area (TPSA) is 51.8 Å². The maximum atomic E-state index is 8.72. The fourth-order valence-electron chi connectivity index (χ4n) is 5.58. The number of rotatable bonds is 5. The number of aromatic nitrogens is 3. The van der Waals surface area contributed by atoms with Crippen molar-refractivity contribution in [2.75, 3.05) is 0 Å². The fourth-order valence-corrected chi connectivity index (χ4v) is 7.16. The third-order valence-corrected chi connectivity index (χ3v) is 10.2. The van der Waals surface area contributed by atoms with Crippen LogP contribution in [0.25, 0.3) is 44.6 Å². The van der Waals surface area contributed by atoms with Crippen molar-refractivity contribution in [1.82, 2.24) is 15.0 Å². The third kappa shape index (κ3) is 9.07. The van der Waals surface area contributed by atoms with Crippen molar-refractivity contribution in [3.63, 3.8) is 0 Å². The quantitative estimate of drug-likeness (QED) is 0.128. The summed E-state index contributed by atoms with van der Waals surface area (Å²) in [6.45, 7) is 17.6. The summed E-state index contributed by atoms with van der Waals surface area (Å²) in [4.78, 5) is 13.2. The maximum absolute atomic E-state index is 8.72. The first-order chi connectivity index (χ1) is 26.3. The van der Waals surface area contributed by atoms with Gasteiger partial charge in [-0.25, -0.2) is 4.98 Å². The molecule has 4 heterocycles. The Hall–Kier alpha value is -3.44. The Balaban J connectivity index is 0.000000272. The SMILES string of the molecule is [2H]C(C)(C)c1cc(-c2[c-]cc(C(C)(C)C)cc2)ncc1[Si](C)(C)C.[2H]C([2H])([2H])c1ccc2c(n1)oc1c(-c3cc(C([2H])([2H])C(C)(C)C)c(C([2H])([2H])[2H])cn3)[c-]ccc12.[Ir]. The van der Waals surface area contributed by atoms with Crippen molar-refractivity contribution in [3.05, 3.63) is 107 Å². The van der Waals surface area contributed by atoms with Crippen LogP contribution in [0, 0.1) is 31.3 Å². The Labute approximate surface area is 327 Å². The fraction of sp³-hybridized carbons (Fsp3) is 0.386. The van der Waals surface area contributed by atoms with E-state index in [0.29, 0.717) is 21.9 Å². The van der Waals surface area contributed by atoms with E-state index in [1.807, 2.05) is 20.0 Å². The van der Waals surface area contributed by atoms with Gasteiger partial charge in [0.05, 0.1) is 13.7 Å². The molecule has 265 valence electrons. The number of aryl methyl sites for hydroxylation is 2. The summed E-state index contributed by atoms with van der Waals surface area (Å²) in [6.07, 6.45) is 1.20. The summed E-state index contributed by atoms with van der Waals surface area (Å²) in [7, 11) is -1.54. The predicted molar refractivity (Wildman–Crippen MR) is 210 cm³/mol. The molecule has 4 nitrogen and oxygen atoms in total. The molecule has 0 fully saturated rings. The molecule has 50 heavy (non-hydrogen) atoms. The third-order valence-electron chi connectivity index (χ3n) is 8.17. The molecule has 0 unspecified atom stereocenters. The van der Waals surface area contributed by atoms with E-state index in [0.717, 1.165) is 16.8 Å². The van der Waals surface area contributed by atoms with Crippen LogP contribution in [-0.2, 0) is 31.9 Å². The van der Waals surface area contributed by atoms with Crippen LogP contribution < -0.4 is 5.19 Å². The molecule has 4 aromatic heterocycles. The van der Waals surface area contributed by atoms with Crippen LogP contribution in [0.15, 0.2) is 71.4 Å². The Kier molecular flexibility index (Phi) is 8.47. The second-order valence-corrected chi connectivity index (χ2v) is 20.9. The Morgan fingerprint density at radius 2 is 1.64 bits per heavy atom. The predicted octanol–water partition coefficient (Wildman–Crippen LogP) is 11.6. The van der Waals surface area contributed by atoms with Gasteiger partial charge in [-0.1, -0.05) is 109 Å². The molecule has 0 aliphatic rings. The van der Waals surface area contributed by atoms with Gasteiger partial charge in [-0.05, 0) is 71.1 Å². The van der Waals surface area contributed by atoms with Crippen molar-refractivity contribution in [1.29, 1.82) is 0 Å². The number of furan rings is 1. The van der Waals surface area contributed by atoms with Crippen LogP contribution >= 0.6 is 0 Å². The molecule has 0 saturated heterocycles. The van der Waals surface area contributed by atoms with Gasteiger partial charge in [0.15, 0.2) is 0 Å². The minimum absolute atomic E-state index is 0. The van der Waals surface area contributed by atoms with Crippen LogP contribution in [-0.4, -0.2) is 23.0 Å². The van der Waals surface area contributed by atoms with Gasteiger partial charge in [-0.3, -0.25) is 0 Å². The molecule has 0 saturated carbocycles. The first kappa shape index (κ1) is 28.2. The zero-order valence-corrected chi connectivity index (χ0v) is 34.3. The summed E-state index contributed by atoms with van der Waals surface area (Å²) in [5, 5.41) is 2.55. The number of pyridine rings is 3. The zero-order chi connectivity index (χ0) is 43.6. The zero-order valence-electron chi connectivity index (χ0n) is 39.9. The van der Waals surface area contributed by atoms with E-state index in [1.165, 1.54) is 29.1 Å². The normalized spacial score (nSPS) is 15.9. The number of hydrogen-bond acceptors (Lipinski definition) is 4. The van der Waals surface area contributed by atoms with Gasteiger partial charge >= 0.3 is 0 Å². The van der Waals surface area contributed by atoms with E-state index in [2.05, 4.69) is 86.8 Å². The van der Waals surface area contributed by atoms with Crippen molar-refractivity contribution >= 4 is 35.3 Å². The van der Waals surface area contributed by atoms with Crippen molar-refractivity contribution < 1.29 is 36.9 Å². The molecule has 0 spiro atoms. The molecule has 0 bridgehead atoms. The number of fused-ring (bicyclic) bond motifs is 3. The van der Waals surface area contributed by atoms with Crippen molar-refractivity contribution in [2.45, 2.75) is 106 Å². The summed E-state index contributed by atoms with van der Waals surface area (Å²) in [5.74, 6) is -0.626. The van der Waals surface area contributed by atoms with Gasteiger partial charge in [0, 0.05) is 55.9 Å². The molecule has 6 aromatic rings.